The van der Waals surface area contributed by atoms with Gasteiger partial charge in [0, 0.05) is 6.04 Å². The third kappa shape index (κ3) is 3.67. The molecule has 20 heavy (non-hydrogen) atoms. The maximum absolute atomic E-state index is 6.22. The minimum Gasteiger partial charge on any atom is -0.319 e. The zero-order valence-corrected chi connectivity index (χ0v) is 13.8. The highest BCUT2D eigenvalue weighted by Gasteiger charge is 2.31. The second-order valence-electron chi connectivity index (χ2n) is 5.61. The molecule has 112 valence electrons. The molecule has 0 spiro atoms. The first-order chi connectivity index (χ1) is 9.67. The molecule has 0 amide bonds. The van der Waals surface area contributed by atoms with Gasteiger partial charge >= 0.3 is 0 Å². The van der Waals surface area contributed by atoms with Crippen LogP contribution in [-0.4, -0.2) is 31.6 Å². The van der Waals surface area contributed by atoms with Gasteiger partial charge < -0.3 is 5.32 Å². The highest BCUT2D eigenvalue weighted by Crippen LogP contribution is 2.37. The Morgan fingerprint density at radius 3 is 2.75 bits per heavy atom. The lowest BCUT2D eigenvalue weighted by atomic mass is 9.84. The van der Waals surface area contributed by atoms with Crippen molar-refractivity contribution < 1.29 is 0 Å². The van der Waals surface area contributed by atoms with E-state index in [0.717, 1.165) is 13.1 Å². The molecule has 2 nitrogen and oxygen atoms in total. The van der Waals surface area contributed by atoms with Crippen LogP contribution >= 0.6 is 23.2 Å². The fourth-order valence-corrected chi connectivity index (χ4v) is 3.65. The molecule has 1 N–H and O–H groups in total. The molecule has 1 fully saturated rings. The van der Waals surface area contributed by atoms with E-state index in [1.54, 1.807) is 0 Å². The van der Waals surface area contributed by atoms with Crippen molar-refractivity contribution in [1.29, 1.82) is 0 Å². The molecule has 2 rings (SSSR count). The summed E-state index contributed by atoms with van der Waals surface area (Å²) in [6.07, 6.45) is 3.74. The van der Waals surface area contributed by atoms with E-state index in [4.69, 9.17) is 23.2 Å². The molecule has 1 heterocycles. The van der Waals surface area contributed by atoms with Crippen molar-refractivity contribution >= 4 is 23.2 Å². The summed E-state index contributed by atoms with van der Waals surface area (Å²) >= 11 is 12.3. The molecule has 0 bridgehead atoms. The highest BCUT2D eigenvalue weighted by atomic mass is 35.5. The number of benzene rings is 1. The minimum absolute atomic E-state index is 0.450. The van der Waals surface area contributed by atoms with Crippen molar-refractivity contribution in [3.63, 3.8) is 0 Å². The standard InChI is InChI=1S/C16H24Cl2N2/c1-3-8-20-9-4-5-13(11-19-2)16(20)12-6-7-14(17)15(18)10-12/h6-7,10,13,16,19H,3-5,8-9,11H2,1-2H3. The SMILES string of the molecule is CCCN1CCCC(CNC)C1c1ccc(Cl)c(Cl)c1. The van der Waals surface area contributed by atoms with Crippen LogP contribution in [0.5, 0.6) is 0 Å². The van der Waals surface area contributed by atoms with Crippen LogP contribution in [0.1, 0.15) is 37.8 Å². The Morgan fingerprint density at radius 2 is 2.10 bits per heavy atom. The summed E-state index contributed by atoms with van der Waals surface area (Å²) in [5, 5.41) is 4.64. The number of rotatable bonds is 5. The Labute approximate surface area is 132 Å². The molecule has 1 aliphatic rings. The quantitative estimate of drug-likeness (QED) is 0.867. The fourth-order valence-electron chi connectivity index (χ4n) is 3.34. The van der Waals surface area contributed by atoms with Crippen molar-refractivity contribution in [2.75, 3.05) is 26.7 Å². The second-order valence-corrected chi connectivity index (χ2v) is 6.43. The number of hydrogen-bond donors (Lipinski definition) is 1. The summed E-state index contributed by atoms with van der Waals surface area (Å²) in [7, 11) is 2.03. The van der Waals surface area contributed by atoms with E-state index in [1.165, 1.54) is 31.4 Å². The van der Waals surface area contributed by atoms with Crippen molar-refractivity contribution in [3.05, 3.63) is 33.8 Å². The summed E-state index contributed by atoms with van der Waals surface area (Å²) in [6, 6.07) is 6.56. The number of piperidine rings is 1. The average molecular weight is 315 g/mol. The molecular weight excluding hydrogens is 291 g/mol. The summed E-state index contributed by atoms with van der Waals surface area (Å²) in [4.78, 5) is 2.60. The third-order valence-corrected chi connectivity index (χ3v) is 4.86. The highest BCUT2D eigenvalue weighted by molar-refractivity contribution is 6.42. The van der Waals surface area contributed by atoms with Crippen LogP contribution in [-0.2, 0) is 0 Å². The van der Waals surface area contributed by atoms with Gasteiger partial charge in [0.2, 0.25) is 0 Å². The zero-order valence-electron chi connectivity index (χ0n) is 12.3. The van der Waals surface area contributed by atoms with E-state index in [-0.39, 0.29) is 0 Å². The molecule has 1 saturated heterocycles. The molecule has 0 saturated carbocycles. The predicted molar refractivity (Wildman–Crippen MR) is 87.7 cm³/mol. The largest absolute Gasteiger partial charge is 0.319 e. The lowest BCUT2D eigenvalue weighted by molar-refractivity contribution is 0.0924. The van der Waals surface area contributed by atoms with Gasteiger partial charge in [-0.15, -0.1) is 0 Å². The maximum Gasteiger partial charge on any atom is 0.0595 e. The van der Waals surface area contributed by atoms with E-state index in [2.05, 4.69) is 23.2 Å². The molecule has 0 aliphatic carbocycles. The lowest BCUT2D eigenvalue weighted by Gasteiger charge is -2.42. The molecule has 2 unspecified atom stereocenters. The maximum atomic E-state index is 6.22. The van der Waals surface area contributed by atoms with Gasteiger partial charge in [0.15, 0.2) is 0 Å². The van der Waals surface area contributed by atoms with Crippen LogP contribution in [0.2, 0.25) is 10.0 Å². The lowest BCUT2D eigenvalue weighted by Crippen LogP contribution is -2.42. The van der Waals surface area contributed by atoms with Crippen LogP contribution in [0, 0.1) is 5.92 Å². The minimum atomic E-state index is 0.450. The van der Waals surface area contributed by atoms with Crippen LogP contribution < -0.4 is 5.32 Å². The predicted octanol–water partition coefficient (Wildman–Crippen LogP) is 4.38. The van der Waals surface area contributed by atoms with Gasteiger partial charge in [-0.25, -0.2) is 0 Å². The van der Waals surface area contributed by atoms with Gasteiger partial charge in [-0.2, -0.15) is 0 Å². The molecular formula is C16H24Cl2N2. The first-order valence-corrected chi connectivity index (χ1v) is 8.26. The van der Waals surface area contributed by atoms with E-state index >= 15 is 0 Å². The van der Waals surface area contributed by atoms with Crippen LogP contribution in [0.3, 0.4) is 0 Å². The molecule has 2 atom stereocenters. The Balaban J connectivity index is 2.29. The van der Waals surface area contributed by atoms with E-state index in [1.807, 2.05) is 19.2 Å². The van der Waals surface area contributed by atoms with Gasteiger partial charge in [0.05, 0.1) is 10.0 Å². The first kappa shape index (κ1) is 16.1. The van der Waals surface area contributed by atoms with Gasteiger partial charge in [-0.05, 0) is 69.6 Å². The van der Waals surface area contributed by atoms with E-state index in [0.29, 0.717) is 22.0 Å². The Hall–Kier alpha value is -0.280. The number of hydrogen-bond acceptors (Lipinski definition) is 2. The van der Waals surface area contributed by atoms with Crippen molar-refractivity contribution in [3.8, 4) is 0 Å². The molecule has 1 aliphatic heterocycles. The smallest absolute Gasteiger partial charge is 0.0595 e. The molecule has 0 aromatic heterocycles. The first-order valence-electron chi connectivity index (χ1n) is 7.51. The molecule has 0 radical (unpaired) electrons. The van der Waals surface area contributed by atoms with Crippen molar-refractivity contribution in [2.24, 2.45) is 5.92 Å². The van der Waals surface area contributed by atoms with Gasteiger partial charge in [0.1, 0.15) is 0 Å². The second kappa shape index (κ2) is 7.65. The summed E-state index contributed by atoms with van der Waals surface area (Å²) in [6.45, 7) is 5.61. The van der Waals surface area contributed by atoms with Gasteiger partial charge in [-0.3, -0.25) is 4.90 Å². The summed E-state index contributed by atoms with van der Waals surface area (Å²) < 4.78 is 0. The van der Waals surface area contributed by atoms with Crippen LogP contribution in [0.25, 0.3) is 0 Å². The number of likely N-dealkylation sites (tertiary alicyclic amines) is 1. The van der Waals surface area contributed by atoms with Crippen molar-refractivity contribution in [1.82, 2.24) is 10.2 Å². The van der Waals surface area contributed by atoms with E-state index in [9.17, 15) is 0 Å². The van der Waals surface area contributed by atoms with Crippen LogP contribution in [0.4, 0.5) is 0 Å². The fraction of sp³-hybridized carbons (Fsp3) is 0.625. The van der Waals surface area contributed by atoms with Crippen LogP contribution in [0.15, 0.2) is 18.2 Å². The normalized spacial score (nSPS) is 24.0. The average Bonchev–Trinajstić information content (AvgIpc) is 2.43. The zero-order chi connectivity index (χ0) is 14.5. The Kier molecular flexibility index (Phi) is 6.16. The molecule has 1 aromatic carbocycles. The Bertz CT molecular complexity index is 418. The molecule has 4 heteroatoms. The topological polar surface area (TPSA) is 15.3 Å². The monoisotopic (exact) mass is 314 g/mol. The van der Waals surface area contributed by atoms with Crippen molar-refractivity contribution in [2.45, 2.75) is 32.2 Å². The summed E-state index contributed by atoms with van der Waals surface area (Å²) in [5.74, 6) is 0.637. The molecule has 1 aromatic rings. The van der Waals surface area contributed by atoms with Gasteiger partial charge in [-0.1, -0.05) is 36.2 Å². The van der Waals surface area contributed by atoms with E-state index < -0.39 is 0 Å². The third-order valence-electron chi connectivity index (χ3n) is 4.12. The number of nitrogens with one attached hydrogen (secondary N) is 1. The summed E-state index contributed by atoms with van der Waals surface area (Å²) in [5.41, 5.74) is 1.30. The Morgan fingerprint density at radius 1 is 1.30 bits per heavy atom. The van der Waals surface area contributed by atoms with Gasteiger partial charge in [0.25, 0.3) is 0 Å². The number of halogens is 2. The number of nitrogens with zero attached hydrogens (tertiary/aromatic N) is 1.